The third kappa shape index (κ3) is 3.20. The molecule has 0 bridgehead atoms. The van der Waals surface area contributed by atoms with Crippen LogP contribution >= 0.6 is 0 Å². The lowest BCUT2D eigenvalue weighted by Gasteiger charge is -2.15. The Morgan fingerprint density at radius 3 is 2.50 bits per heavy atom. The first-order chi connectivity index (χ1) is 9.58. The first-order valence-corrected chi connectivity index (χ1v) is 6.09. The minimum atomic E-state index is -1.10. The van der Waals surface area contributed by atoms with Gasteiger partial charge >= 0.3 is 5.97 Å². The molecule has 1 aromatic carbocycles. The van der Waals surface area contributed by atoms with Gasteiger partial charge in [0.15, 0.2) is 6.04 Å². The monoisotopic (exact) mass is 270 g/mol. The predicted octanol–water partition coefficient (Wildman–Crippen LogP) is 1.95. The van der Waals surface area contributed by atoms with Crippen LogP contribution in [0.1, 0.15) is 27.7 Å². The van der Waals surface area contributed by atoms with Crippen LogP contribution in [0.5, 0.6) is 0 Å². The highest BCUT2D eigenvalue weighted by Gasteiger charge is 2.22. The molecular formula is C15H14N2O3. The van der Waals surface area contributed by atoms with Crippen molar-refractivity contribution >= 4 is 11.9 Å². The zero-order valence-electron chi connectivity index (χ0n) is 10.9. The highest BCUT2D eigenvalue weighted by Crippen LogP contribution is 2.14. The van der Waals surface area contributed by atoms with Gasteiger partial charge in [0.05, 0.1) is 0 Å². The van der Waals surface area contributed by atoms with E-state index < -0.39 is 17.9 Å². The van der Waals surface area contributed by atoms with E-state index in [-0.39, 0.29) is 0 Å². The first-order valence-electron chi connectivity index (χ1n) is 6.09. The van der Waals surface area contributed by atoms with Gasteiger partial charge in [-0.3, -0.25) is 9.78 Å². The number of aliphatic carboxylic acids is 1. The Morgan fingerprint density at radius 1 is 1.20 bits per heavy atom. The number of carbonyl (C=O) groups excluding carboxylic acids is 1. The van der Waals surface area contributed by atoms with Crippen molar-refractivity contribution in [2.75, 3.05) is 0 Å². The first kappa shape index (κ1) is 13.7. The van der Waals surface area contributed by atoms with E-state index in [2.05, 4.69) is 10.3 Å². The van der Waals surface area contributed by atoms with E-state index in [1.807, 2.05) is 0 Å². The number of hydrogen-bond acceptors (Lipinski definition) is 3. The summed E-state index contributed by atoms with van der Waals surface area (Å²) in [7, 11) is 0. The third-order valence-electron chi connectivity index (χ3n) is 2.81. The van der Waals surface area contributed by atoms with E-state index in [0.717, 1.165) is 0 Å². The van der Waals surface area contributed by atoms with E-state index in [0.29, 0.717) is 16.8 Å². The maximum absolute atomic E-state index is 12.1. The summed E-state index contributed by atoms with van der Waals surface area (Å²) < 4.78 is 0. The molecule has 2 aromatic rings. The van der Waals surface area contributed by atoms with Gasteiger partial charge < -0.3 is 10.4 Å². The van der Waals surface area contributed by atoms with Crippen LogP contribution in [0.3, 0.4) is 0 Å². The molecule has 0 unspecified atom stereocenters. The Balaban J connectivity index is 2.21. The fourth-order valence-electron chi connectivity index (χ4n) is 1.83. The van der Waals surface area contributed by atoms with Gasteiger partial charge in [-0.05, 0) is 24.6 Å². The number of hydrogen-bond donors (Lipinski definition) is 2. The number of carboxylic acid groups (broad SMARTS) is 1. The summed E-state index contributed by atoms with van der Waals surface area (Å²) in [6.07, 6.45) is 1.52. The Hall–Kier alpha value is -2.69. The molecule has 2 rings (SSSR count). The zero-order chi connectivity index (χ0) is 14.5. The summed E-state index contributed by atoms with van der Waals surface area (Å²) >= 11 is 0. The molecule has 0 saturated heterocycles. The Bertz CT molecular complexity index is 626. The molecule has 20 heavy (non-hydrogen) atoms. The SMILES string of the molecule is Cc1cc(C(=O)N[C@H](C(=O)O)c2ccccc2)ccn1. The fourth-order valence-corrected chi connectivity index (χ4v) is 1.83. The van der Waals surface area contributed by atoms with Crippen molar-refractivity contribution in [3.8, 4) is 0 Å². The van der Waals surface area contributed by atoms with Crippen molar-refractivity contribution < 1.29 is 14.7 Å². The molecule has 102 valence electrons. The summed E-state index contributed by atoms with van der Waals surface area (Å²) in [5.74, 6) is -1.54. The number of rotatable bonds is 4. The van der Waals surface area contributed by atoms with Crippen LogP contribution < -0.4 is 5.32 Å². The minimum Gasteiger partial charge on any atom is -0.479 e. The molecular weight excluding hydrogens is 256 g/mol. The largest absolute Gasteiger partial charge is 0.479 e. The number of benzene rings is 1. The molecule has 0 fully saturated rings. The second kappa shape index (κ2) is 5.97. The van der Waals surface area contributed by atoms with E-state index in [9.17, 15) is 14.7 Å². The average Bonchev–Trinajstić information content (AvgIpc) is 2.45. The van der Waals surface area contributed by atoms with Gasteiger partial charge in [-0.25, -0.2) is 4.79 Å². The number of carbonyl (C=O) groups is 2. The second-order valence-corrected chi connectivity index (χ2v) is 4.34. The quantitative estimate of drug-likeness (QED) is 0.890. The second-order valence-electron chi connectivity index (χ2n) is 4.34. The van der Waals surface area contributed by atoms with Crippen LogP contribution in [0.15, 0.2) is 48.7 Å². The lowest BCUT2D eigenvalue weighted by molar-refractivity contribution is -0.139. The van der Waals surface area contributed by atoms with E-state index in [1.54, 1.807) is 49.4 Å². The molecule has 5 heteroatoms. The maximum Gasteiger partial charge on any atom is 0.330 e. The van der Waals surface area contributed by atoms with Gasteiger partial charge in [-0.1, -0.05) is 30.3 Å². The highest BCUT2D eigenvalue weighted by molar-refractivity contribution is 5.96. The third-order valence-corrected chi connectivity index (χ3v) is 2.81. The van der Waals surface area contributed by atoms with Crippen LogP contribution in [0, 0.1) is 6.92 Å². The number of nitrogens with zero attached hydrogens (tertiary/aromatic N) is 1. The van der Waals surface area contributed by atoms with Crippen molar-refractivity contribution in [1.82, 2.24) is 10.3 Å². The number of nitrogens with one attached hydrogen (secondary N) is 1. The molecule has 0 aliphatic carbocycles. The number of aromatic nitrogens is 1. The average molecular weight is 270 g/mol. The van der Waals surface area contributed by atoms with Gasteiger partial charge in [0.2, 0.25) is 0 Å². The van der Waals surface area contributed by atoms with E-state index in [1.165, 1.54) is 6.20 Å². The molecule has 5 nitrogen and oxygen atoms in total. The van der Waals surface area contributed by atoms with Gasteiger partial charge in [0.1, 0.15) is 0 Å². The van der Waals surface area contributed by atoms with Crippen LogP contribution in [0.2, 0.25) is 0 Å². The van der Waals surface area contributed by atoms with Crippen molar-refractivity contribution in [2.45, 2.75) is 13.0 Å². The van der Waals surface area contributed by atoms with Gasteiger partial charge in [0.25, 0.3) is 5.91 Å². The summed E-state index contributed by atoms with van der Waals surface area (Å²) in [6, 6.07) is 10.7. The molecule has 0 aliphatic rings. The standard InChI is InChI=1S/C15H14N2O3/c1-10-9-12(7-8-16-10)14(18)17-13(15(19)20)11-5-3-2-4-6-11/h2-9,13H,1H3,(H,17,18)(H,19,20)/t13-/m0/s1. The zero-order valence-corrected chi connectivity index (χ0v) is 10.9. The molecule has 0 saturated carbocycles. The van der Waals surface area contributed by atoms with Crippen molar-refractivity contribution in [2.24, 2.45) is 0 Å². The molecule has 0 radical (unpaired) electrons. The molecule has 1 heterocycles. The van der Waals surface area contributed by atoms with E-state index >= 15 is 0 Å². The maximum atomic E-state index is 12.1. The van der Waals surface area contributed by atoms with Crippen molar-refractivity contribution in [1.29, 1.82) is 0 Å². The topological polar surface area (TPSA) is 79.3 Å². The van der Waals surface area contributed by atoms with E-state index in [4.69, 9.17) is 0 Å². The Kier molecular flexibility index (Phi) is 4.10. The summed E-state index contributed by atoms with van der Waals surface area (Å²) in [6.45, 7) is 1.77. The van der Waals surface area contributed by atoms with Crippen LogP contribution in [-0.4, -0.2) is 22.0 Å². The summed E-state index contributed by atoms with van der Waals surface area (Å²) in [4.78, 5) is 27.4. The van der Waals surface area contributed by atoms with Gasteiger partial charge in [0, 0.05) is 17.5 Å². The Labute approximate surface area is 116 Å². The summed E-state index contributed by atoms with van der Waals surface area (Å²) in [5, 5.41) is 11.8. The molecule has 1 amide bonds. The number of aryl methyl sites for hydroxylation is 1. The predicted molar refractivity (Wildman–Crippen MR) is 73.3 cm³/mol. The number of amides is 1. The highest BCUT2D eigenvalue weighted by atomic mass is 16.4. The van der Waals surface area contributed by atoms with Gasteiger partial charge in [-0.15, -0.1) is 0 Å². The van der Waals surface area contributed by atoms with Crippen LogP contribution in [0.25, 0.3) is 0 Å². The lowest BCUT2D eigenvalue weighted by Crippen LogP contribution is -2.33. The lowest BCUT2D eigenvalue weighted by atomic mass is 10.1. The fraction of sp³-hybridized carbons (Fsp3) is 0.133. The molecule has 2 N–H and O–H groups in total. The molecule has 1 aromatic heterocycles. The number of carboxylic acids is 1. The molecule has 1 atom stereocenters. The number of pyridine rings is 1. The van der Waals surface area contributed by atoms with Crippen LogP contribution in [-0.2, 0) is 4.79 Å². The minimum absolute atomic E-state index is 0.389. The van der Waals surface area contributed by atoms with Crippen molar-refractivity contribution in [3.63, 3.8) is 0 Å². The molecule has 0 aliphatic heterocycles. The normalized spacial score (nSPS) is 11.7. The smallest absolute Gasteiger partial charge is 0.330 e. The summed E-state index contributed by atoms with van der Waals surface area (Å²) in [5.41, 5.74) is 1.61. The Morgan fingerprint density at radius 2 is 1.90 bits per heavy atom. The van der Waals surface area contributed by atoms with Gasteiger partial charge in [-0.2, -0.15) is 0 Å². The van der Waals surface area contributed by atoms with Crippen LogP contribution in [0.4, 0.5) is 0 Å². The molecule has 0 spiro atoms. The van der Waals surface area contributed by atoms with Crippen molar-refractivity contribution in [3.05, 3.63) is 65.5 Å².